The van der Waals surface area contributed by atoms with Crippen LogP contribution in [-0.2, 0) is 0 Å². The van der Waals surface area contributed by atoms with E-state index in [1.54, 1.807) is 0 Å². The molecular formula is C15H18BrN3. The van der Waals surface area contributed by atoms with Gasteiger partial charge in [0.05, 0.1) is 11.2 Å². The summed E-state index contributed by atoms with van der Waals surface area (Å²) in [5.74, 6) is 1.63. The quantitative estimate of drug-likeness (QED) is 0.919. The van der Waals surface area contributed by atoms with Gasteiger partial charge < -0.3 is 5.32 Å². The molecule has 1 saturated carbocycles. The molecule has 1 fully saturated rings. The van der Waals surface area contributed by atoms with Gasteiger partial charge in [0, 0.05) is 23.4 Å². The number of fused-ring (bicyclic) bond motifs is 1. The Morgan fingerprint density at radius 1 is 1.37 bits per heavy atom. The lowest BCUT2D eigenvalue weighted by Gasteiger charge is -2.17. The SMILES string of the molecule is CC1CCCC1CNc1ccnc2cc(Br)cnc12. The third-order valence-electron chi connectivity index (χ3n) is 4.14. The molecule has 4 heteroatoms. The maximum Gasteiger partial charge on any atom is 0.112 e. The van der Waals surface area contributed by atoms with Crippen molar-refractivity contribution in [1.82, 2.24) is 9.97 Å². The van der Waals surface area contributed by atoms with Gasteiger partial charge in [-0.25, -0.2) is 0 Å². The Bertz CT molecular complexity index is 585. The Morgan fingerprint density at radius 2 is 2.26 bits per heavy atom. The molecular weight excluding hydrogens is 302 g/mol. The Morgan fingerprint density at radius 3 is 3.05 bits per heavy atom. The second kappa shape index (κ2) is 5.45. The molecule has 3 nitrogen and oxygen atoms in total. The van der Waals surface area contributed by atoms with Crippen LogP contribution in [0, 0.1) is 11.8 Å². The summed E-state index contributed by atoms with van der Waals surface area (Å²) in [5, 5.41) is 3.56. The summed E-state index contributed by atoms with van der Waals surface area (Å²) in [4.78, 5) is 8.84. The number of hydrogen-bond acceptors (Lipinski definition) is 3. The van der Waals surface area contributed by atoms with Gasteiger partial charge in [0.1, 0.15) is 5.52 Å². The number of pyridine rings is 2. The van der Waals surface area contributed by atoms with E-state index in [9.17, 15) is 0 Å². The molecule has 0 amide bonds. The van der Waals surface area contributed by atoms with Gasteiger partial charge in [0.2, 0.25) is 0 Å². The summed E-state index contributed by atoms with van der Waals surface area (Å²) >= 11 is 3.43. The van der Waals surface area contributed by atoms with Crippen molar-refractivity contribution in [1.29, 1.82) is 0 Å². The number of nitrogens with zero attached hydrogens (tertiary/aromatic N) is 2. The van der Waals surface area contributed by atoms with E-state index in [4.69, 9.17) is 0 Å². The predicted molar refractivity (Wildman–Crippen MR) is 82.2 cm³/mol. The van der Waals surface area contributed by atoms with Crippen molar-refractivity contribution in [3.05, 3.63) is 29.0 Å². The highest BCUT2D eigenvalue weighted by molar-refractivity contribution is 9.10. The second-order valence-corrected chi connectivity index (χ2v) is 6.34. The van der Waals surface area contributed by atoms with Gasteiger partial charge in [-0.15, -0.1) is 0 Å². The van der Waals surface area contributed by atoms with E-state index < -0.39 is 0 Å². The zero-order chi connectivity index (χ0) is 13.2. The Hall–Kier alpha value is -1.16. The van der Waals surface area contributed by atoms with Crippen molar-refractivity contribution < 1.29 is 0 Å². The Labute approximate surface area is 122 Å². The molecule has 0 spiro atoms. The number of rotatable bonds is 3. The van der Waals surface area contributed by atoms with E-state index in [2.05, 4.69) is 38.1 Å². The van der Waals surface area contributed by atoms with Crippen LogP contribution >= 0.6 is 15.9 Å². The summed E-state index contributed by atoms with van der Waals surface area (Å²) < 4.78 is 0.967. The van der Waals surface area contributed by atoms with Crippen LogP contribution in [0.3, 0.4) is 0 Å². The summed E-state index contributed by atoms with van der Waals surface area (Å²) in [5.41, 5.74) is 2.98. The van der Waals surface area contributed by atoms with Crippen molar-refractivity contribution in [2.75, 3.05) is 11.9 Å². The molecule has 2 unspecified atom stereocenters. The number of halogens is 1. The molecule has 0 bridgehead atoms. The minimum atomic E-state index is 0.790. The van der Waals surface area contributed by atoms with Gasteiger partial charge >= 0.3 is 0 Å². The van der Waals surface area contributed by atoms with E-state index in [1.165, 1.54) is 19.3 Å². The van der Waals surface area contributed by atoms with E-state index in [1.807, 2.05) is 24.5 Å². The van der Waals surface area contributed by atoms with Gasteiger partial charge in [-0.2, -0.15) is 0 Å². The average Bonchev–Trinajstić information content (AvgIpc) is 2.81. The summed E-state index contributed by atoms with van der Waals surface area (Å²) in [6.45, 7) is 3.40. The van der Waals surface area contributed by atoms with Crippen LogP contribution in [-0.4, -0.2) is 16.5 Å². The Balaban J connectivity index is 1.81. The number of aromatic nitrogens is 2. The fraction of sp³-hybridized carbons (Fsp3) is 0.467. The van der Waals surface area contributed by atoms with Crippen LogP contribution in [0.4, 0.5) is 5.69 Å². The minimum absolute atomic E-state index is 0.790. The average molecular weight is 320 g/mol. The molecule has 1 aliphatic rings. The minimum Gasteiger partial charge on any atom is -0.383 e. The zero-order valence-electron chi connectivity index (χ0n) is 11.1. The first-order chi connectivity index (χ1) is 9.24. The third kappa shape index (κ3) is 2.73. The highest BCUT2D eigenvalue weighted by atomic mass is 79.9. The highest BCUT2D eigenvalue weighted by Gasteiger charge is 2.23. The van der Waals surface area contributed by atoms with E-state index in [-0.39, 0.29) is 0 Å². The lowest BCUT2D eigenvalue weighted by Crippen LogP contribution is -2.16. The molecule has 0 aromatic carbocycles. The monoisotopic (exact) mass is 319 g/mol. The molecule has 2 aromatic heterocycles. The molecule has 1 N–H and O–H groups in total. The van der Waals surface area contributed by atoms with E-state index in [0.29, 0.717) is 0 Å². The van der Waals surface area contributed by atoms with Gasteiger partial charge in [0.15, 0.2) is 0 Å². The van der Waals surface area contributed by atoms with Gasteiger partial charge in [-0.3, -0.25) is 9.97 Å². The lowest BCUT2D eigenvalue weighted by atomic mass is 9.98. The van der Waals surface area contributed by atoms with Crippen molar-refractivity contribution in [3.63, 3.8) is 0 Å². The van der Waals surface area contributed by atoms with Gasteiger partial charge in [-0.1, -0.05) is 19.8 Å². The predicted octanol–water partition coefficient (Wildman–Crippen LogP) is 4.24. The first kappa shape index (κ1) is 12.9. The number of nitrogens with one attached hydrogen (secondary N) is 1. The summed E-state index contributed by atoms with van der Waals surface area (Å²) in [7, 11) is 0. The smallest absolute Gasteiger partial charge is 0.112 e. The highest BCUT2D eigenvalue weighted by Crippen LogP contribution is 2.31. The van der Waals surface area contributed by atoms with Crippen molar-refractivity contribution >= 4 is 32.7 Å². The molecule has 2 heterocycles. The molecule has 2 atom stereocenters. The van der Waals surface area contributed by atoms with Gasteiger partial charge in [0.25, 0.3) is 0 Å². The van der Waals surface area contributed by atoms with Crippen LogP contribution in [0.5, 0.6) is 0 Å². The second-order valence-electron chi connectivity index (χ2n) is 5.43. The van der Waals surface area contributed by atoms with Crippen LogP contribution in [0.25, 0.3) is 11.0 Å². The fourth-order valence-electron chi connectivity index (χ4n) is 2.91. The summed E-state index contributed by atoms with van der Waals surface area (Å²) in [6, 6.07) is 4.02. The zero-order valence-corrected chi connectivity index (χ0v) is 12.7. The normalized spacial score (nSPS) is 22.8. The lowest BCUT2D eigenvalue weighted by molar-refractivity contribution is 0.440. The molecule has 1 aliphatic carbocycles. The maximum atomic E-state index is 4.47. The molecule has 0 aliphatic heterocycles. The largest absolute Gasteiger partial charge is 0.383 e. The van der Waals surface area contributed by atoms with Crippen molar-refractivity contribution in [2.24, 2.45) is 11.8 Å². The standard InChI is InChI=1S/C15H18BrN3/c1-10-3-2-4-11(10)8-18-13-5-6-17-14-7-12(16)9-19-15(13)14/h5-7,9-11H,2-4,8H2,1H3,(H,17,18). The van der Waals surface area contributed by atoms with E-state index >= 15 is 0 Å². The van der Waals surface area contributed by atoms with Crippen LogP contribution in [0.15, 0.2) is 29.0 Å². The summed E-state index contributed by atoms with van der Waals surface area (Å²) in [6.07, 6.45) is 7.75. The first-order valence-corrected chi connectivity index (χ1v) is 7.67. The van der Waals surface area contributed by atoms with Crippen LogP contribution < -0.4 is 5.32 Å². The van der Waals surface area contributed by atoms with Crippen LogP contribution in [0.2, 0.25) is 0 Å². The molecule has 3 rings (SSSR count). The molecule has 2 aromatic rings. The topological polar surface area (TPSA) is 37.8 Å². The van der Waals surface area contributed by atoms with Crippen molar-refractivity contribution in [2.45, 2.75) is 26.2 Å². The van der Waals surface area contributed by atoms with Crippen LogP contribution in [0.1, 0.15) is 26.2 Å². The van der Waals surface area contributed by atoms with Crippen molar-refractivity contribution in [3.8, 4) is 0 Å². The third-order valence-corrected chi connectivity index (χ3v) is 4.57. The molecule has 100 valence electrons. The molecule has 0 radical (unpaired) electrons. The van der Waals surface area contributed by atoms with E-state index in [0.717, 1.165) is 39.6 Å². The fourth-order valence-corrected chi connectivity index (χ4v) is 3.23. The van der Waals surface area contributed by atoms with Gasteiger partial charge in [-0.05, 0) is 46.3 Å². The molecule has 19 heavy (non-hydrogen) atoms. The molecule has 0 saturated heterocycles. The first-order valence-electron chi connectivity index (χ1n) is 6.88. The maximum absolute atomic E-state index is 4.47. The number of hydrogen-bond donors (Lipinski definition) is 1. The Kier molecular flexibility index (Phi) is 3.69. The number of anilines is 1.